The van der Waals surface area contributed by atoms with Crippen molar-refractivity contribution in [3.8, 4) is 5.75 Å². The highest BCUT2D eigenvalue weighted by atomic mass is 35.5. The number of amides is 2. The van der Waals surface area contributed by atoms with E-state index in [1.807, 2.05) is 6.92 Å². The van der Waals surface area contributed by atoms with E-state index in [2.05, 4.69) is 10.6 Å². The van der Waals surface area contributed by atoms with E-state index in [9.17, 15) is 9.59 Å². The van der Waals surface area contributed by atoms with E-state index in [1.54, 1.807) is 24.3 Å². The third-order valence-corrected chi connectivity index (χ3v) is 2.81. The molecule has 116 valence electrons. The van der Waals surface area contributed by atoms with Crippen molar-refractivity contribution in [3.05, 3.63) is 29.3 Å². The lowest BCUT2D eigenvalue weighted by Gasteiger charge is -2.15. The molecule has 0 aliphatic carbocycles. The van der Waals surface area contributed by atoms with Crippen molar-refractivity contribution in [3.63, 3.8) is 0 Å². The van der Waals surface area contributed by atoms with Gasteiger partial charge in [-0.2, -0.15) is 0 Å². The molecule has 7 heteroatoms. The zero-order valence-electron chi connectivity index (χ0n) is 11.8. The molecule has 1 aromatic rings. The van der Waals surface area contributed by atoms with Crippen molar-refractivity contribution >= 4 is 23.6 Å². The van der Waals surface area contributed by atoms with E-state index in [-0.39, 0.29) is 18.6 Å². The first-order valence-corrected chi connectivity index (χ1v) is 7.01. The van der Waals surface area contributed by atoms with Crippen molar-refractivity contribution in [2.75, 3.05) is 13.1 Å². The summed E-state index contributed by atoms with van der Waals surface area (Å²) >= 11 is 5.77. The van der Waals surface area contributed by atoms with Crippen molar-refractivity contribution in [2.24, 2.45) is 0 Å². The molecule has 0 bridgehead atoms. The lowest BCUT2D eigenvalue weighted by molar-refractivity contribution is -0.137. The number of rotatable bonds is 8. The summed E-state index contributed by atoms with van der Waals surface area (Å²) in [6, 6.07) is 6.63. The predicted octanol–water partition coefficient (Wildman–Crippen LogP) is 2.27. The molecule has 21 heavy (non-hydrogen) atoms. The van der Waals surface area contributed by atoms with Gasteiger partial charge < -0.3 is 20.5 Å². The maximum absolute atomic E-state index is 11.4. The number of urea groups is 1. The highest BCUT2D eigenvalue weighted by Gasteiger charge is 2.07. The standard InChI is InChI=1S/C14H19ClN2O4/c1-10(21-12-6-4-11(15)5-7-12)9-17-14(20)16-8-2-3-13(18)19/h4-7,10H,2-3,8-9H2,1H3,(H,18,19)(H2,16,17,20). The zero-order chi connectivity index (χ0) is 15.7. The normalized spacial score (nSPS) is 11.5. The Morgan fingerprint density at radius 2 is 1.95 bits per heavy atom. The Labute approximate surface area is 128 Å². The number of hydrogen-bond donors (Lipinski definition) is 3. The highest BCUT2D eigenvalue weighted by molar-refractivity contribution is 6.30. The molecule has 0 saturated carbocycles. The van der Waals surface area contributed by atoms with Gasteiger partial charge in [-0.25, -0.2) is 4.79 Å². The highest BCUT2D eigenvalue weighted by Crippen LogP contribution is 2.16. The molecule has 0 fully saturated rings. The molecule has 2 amide bonds. The summed E-state index contributed by atoms with van der Waals surface area (Å²) in [7, 11) is 0. The predicted molar refractivity (Wildman–Crippen MR) is 79.8 cm³/mol. The van der Waals surface area contributed by atoms with Crippen LogP contribution < -0.4 is 15.4 Å². The molecular weight excluding hydrogens is 296 g/mol. The molecule has 0 spiro atoms. The van der Waals surface area contributed by atoms with E-state index in [0.717, 1.165) is 0 Å². The van der Waals surface area contributed by atoms with Crippen molar-refractivity contribution in [1.82, 2.24) is 10.6 Å². The molecule has 1 aromatic carbocycles. The molecule has 6 nitrogen and oxygen atoms in total. The first kappa shape index (κ1) is 17.1. The van der Waals surface area contributed by atoms with Crippen LogP contribution in [0.4, 0.5) is 4.79 Å². The van der Waals surface area contributed by atoms with Crippen LogP contribution in [0.25, 0.3) is 0 Å². The molecule has 1 atom stereocenters. The van der Waals surface area contributed by atoms with Gasteiger partial charge >= 0.3 is 12.0 Å². The van der Waals surface area contributed by atoms with Gasteiger partial charge in [-0.1, -0.05) is 11.6 Å². The maximum Gasteiger partial charge on any atom is 0.314 e. The van der Waals surface area contributed by atoms with Crippen LogP contribution in [-0.4, -0.2) is 36.3 Å². The smallest absolute Gasteiger partial charge is 0.314 e. The Morgan fingerprint density at radius 1 is 1.29 bits per heavy atom. The SMILES string of the molecule is CC(CNC(=O)NCCCC(=O)O)Oc1ccc(Cl)cc1. The average Bonchev–Trinajstić information content (AvgIpc) is 2.44. The van der Waals surface area contributed by atoms with Crippen LogP contribution in [0.3, 0.4) is 0 Å². The van der Waals surface area contributed by atoms with Crippen LogP contribution in [0.5, 0.6) is 5.75 Å². The van der Waals surface area contributed by atoms with Crippen LogP contribution in [-0.2, 0) is 4.79 Å². The third-order valence-electron chi connectivity index (χ3n) is 2.55. The van der Waals surface area contributed by atoms with Crippen LogP contribution in [0.15, 0.2) is 24.3 Å². The molecule has 0 radical (unpaired) electrons. The quantitative estimate of drug-likeness (QED) is 0.642. The van der Waals surface area contributed by atoms with Gasteiger partial charge in [-0.05, 0) is 37.6 Å². The Bertz CT molecular complexity index is 465. The van der Waals surface area contributed by atoms with Gasteiger partial charge in [0.1, 0.15) is 11.9 Å². The molecule has 1 unspecified atom stereocenters. The summed E-state index contributed by atoms with van der Waals surface area (Å²) < 4.78 is 5.60. The van der Waals surface area contributed by atoms with E-state index in [4.69, 9.17) is 21.4 Å². The number of carbonyl (C=O) groups is 2. The second-order valence-corrected chi connectivity index (χ2v) is 4.95. The number of halogens is 1. The minimum Gasteiger partial charge on any atom is -0.489 e. The van der Waals surface area contributed by atoms with E-state index >= 15 is 0 Å². The first-order valence-electron chi connectivity index (χ1n) is 6.63. The van der Waals surface area contributed by atoms with E-state index in [0.29, 0.717) is 30.3 Å². The van der Waals surface area contributed by atoms with Gasteiger partial charge in [0.05, 0.1) is 6.54 Å². The Kier molecular flexibility index (Phi) is 7.39. The summed E-state index contributed by atoms with van der Waals surface area (Å²) in [5, 5.41) is 14.3. The summed E-state index contributed by atoms with van der Waals surface area (Å²) in [4.78, 5) is 21.7. The molecule has 0 aliphatic heterocycles. The number of ether oxygens (including phenoxy) is 1. The summed E-state index contributed by atoms with van der Waals surface area (Å²) in [6.07, 6.45) is 0.242. The van der Waals surface area contributed by atoms with Gasteiger partial charge in [-0.3, -0.25) is 4.79 Å². The zero-order valence-corrected chi connectivity index (χ0v) is 12.5. The van der Waals surface area contributed by atoms with Gasteiger partial charge in [0.25, 0.3) is 0 Å². The number of hydrogen-bond acceptors (Lipinski definition) is 3. The average molecular weight is 315 g/mol. The summed E-state index contributed by atoms with van der Waals surface area (Å²) in [5.74, 6) is -0.197. The summed E-state index contributed by atoms with van der Waals surface area (Å²) in [6.45, 7) is 2.50. The molecule has 3 N–H and O–H groups in total. The Hall–Kier alpha value is -1.95. The topological polar surface area (TPSA) is 87.7 Å². The van der Waals surface area contributed by atoms with E-state index in [1.165, 1.54) is 0 Å². The number of aliphatic carboxylic acids is 1. The first-order chi connectivity index (χ1) is 9.97. The maximum atomic E-state index is 11.4. The molecule has 0 aliphatic rings. The van der Waals surface area contributed by atoms with Crippen molar-refractivity contribution in [2.45, 2.75) is 25.9 Å². The van der Waals surface area contributed by atoms with Crippen LogP contribution >= 0.6 is 11.6 Å². The van der Waals surface area contributed by atoms with Crippen molar-refractivity contribution in [1.29, 1.82) is 0 Å². The van der Waals surface area contributed by atoms with Crippen molar-refractivity contribution < 1.29 is 19.4 Å². The fourth-order valence-electron chi connectivity index (χ4n) is 1.53. The van der Waals surface area contributed by atoms with Gasteiger partial charge in [-0.15, -0.1) is 0 Å². The van der Waals surface area contributed by atoms with Crippen LogP contribution in [0.1, 0.15) is 19.8 Å². The Morgan fingerprint density at radius 3 is 2.57 bits per heavy atom. The largest absolute Gasteiger partial charge is 0.489 e. The molecular formula is C14H19ClN2O4. The summed E-state index contributed by atoms with van der Waals surface area (Å²) in [5.41, 5.74) is 0. The van der Waals surface area contributed by atoms with E-state index < -0.39 is 5.97 Å². The molecule has 0 heterocycles. The third kappa shape index (κ3) is 8.04. The number of nitrogens with one attached hydrogen (secondary N) is 2. The monoisotopic (exact) mass is 314 g/mol. The number of carbonyl (C=O) groups excluding carboxylic acids is 1. The fourth-order valence-corrected chi connectivity index (χ4v) is 1.65. The second-order valence-electron chi connectivity index (χ2n) is 4.52. The number of benzene rings is 1. The second kappa shape index (κ2) is 9.07. The van der Waals surface area contributed by atoms with Gasteiger partial charge in [0.2, 0.25) is 0 Å². The number of carboxylic acid groups (broad SMARTS) is 1. The fraction of sp³-hybridized carbons (Fsp3) is 0.429. The van der Waals surface area contributed by atoms with Crippen LogP contribution in [0.2, 0.25) is 5.02 Å². The molecule has 0 saturated heterocycles. The number of carboxylic acids is 1. The van der Waals surface area contributed by atoms with Gasteiger partial charge in [0.15, 0.2) is 0 Å². The van der Waals surface area contributed by atoms with Crippen LogP contribution in [0, 0.1) is 0 Å². The lowest BCUT2D eigenvalue weighted by Crippen LogP contribution is -2.40. The molecule has 1 rings (SSSR count). The molecule has 0 aromatic heterocycles. The van der Waals surface area contributed by atoms with Gasteiger partial charge in [0, 0.05) is 18.0 Å². The minimum absolute atomic E-state index is 0.0381. The Balaban J connectivity index is 2.17. The minimum atomic E-state index is -0.873. The lowest BCUT2D eigenvalue weighted by atomic mass is 10.3.